The molecular formula is C39H39NO11. The Hall–Kier alpha value is -5.56. The van der Waals surface area contributed by atoms with E-state index in [2.05, 4.69) is 5.32 Å². The smallest absolute Gasteiger partial charge is 0.407 e. The van der Waals surface area contributed by atoms with Gasteiger partial charge in [-0.3, -0.25) is 0 Å². The first-order valence-corrected chi connectivity index (χ1v) is 16.4. The molecule has 4 aromatic carbocycles. The molecular weight excluding hydrogens is 658 g/mol. The number of benzene rings is 4. The molecule has 12 nitrogen and oxygen atoms in total. The summed E-state index contributed by atoms with van der Waals surface area (Å²) >= 11 is 0. The van der Waals surface area contributed by atoms with Crippen molar-refractivity contribution in [3.05, 3.63) is 143 Å². The van der Waals surface area contributed by atoms with Gasteiger partial charge in [-0.25, -0.2) is 19.2 Å². The van der Waals surface area contributed by atoms with Gasteiger partial charge in [-0.05, 0) is 54.8 Å². The van der Waals surface area contributed by atoms with E-state index in [1.807, 2.05) is 30.3 Å². The number of aliphatic hydroxyl groups is 1. The number of aryl methyl sites for hydroxylation is 1. The third kappa shape index (κ3) is 10.5. The lowest BCUT2D eigenvalue weighted by atomic mass is 9.98. The quantitative estimate of drug-likeness (QED) is 0.104. The molecule has 4 aromatic rings. The molecule has 0 radical (unpaired) electrons. The zero-order valence-electron chi connectivity index (χ0n) is 27.9. The standard InChI is InChI=1S/C39H39NO11/c1-26-14-11-12-21-30(26)37(44)47-25-31-32(41)33(50-35(42)28-17-7-3-8-18-28)34(51-36(43)29-19-9-4-10-20-29)38(49-31)46-23-13-22-40-39(45)48-24-27-15-5-2-6-16-27/h2-12,14-21,31-34,38,41H,13,22-25H2,1H3,(H,40,45)/t31-,32-,33+,34-,38-/m1/s1. The second kappa shape index (κ2) is 18.4. The van der Waals surface area contributed by atoms with Crippen molar-refractivity contribution >= 4 is 24.0 Å². The fourth-order valence-corrected chi connectivity index (χ4v) is 5.23. The fourth-order valence-electron chi connectivity index (χ4n) is 5.23. The van der Waals surface area contributed by atoms with Crippen LogP contribution in [-0.2, 0) is 35.0 Å². The second-order valence-electron chi connectivity index (χ2n) is 11.6. The fraction of sp³-hybridized carbons (Fsp3) is 0.282. The summed E-state index contributed by atoms with van der Waals surface area (Å²) < 4.78 is 34.5. The van der Waals surface area contributed by atoms with Crippen LogP contribution in [0, 0.1) is 6.92 Å². The predicted molar refractivity (Wildman–Crippen MR) is 183 cm³/mol. The molecule has 1 aliphatic rings. The van der Waals surface area contributed by atoms with Gasteiger partial charge in [0.15, 0.2) is 18.5 Å². The molecule has 51 heavy (non-hydrogen) atoms. The van der Waals surface area contributed by atoms with E-state index in [1.165, 1.54) is 12.1 Å². The van der Waals surface area contributed by atoms with E-state index in [-0.39, 0.29) is 37.3 Å². The van der Waals surface area contributed by atoms with E-state index in [9.17, 15) is 24.3 Å². The highest BCUT2D eigenvalue weighted by molar-refractivity contribution is 5.91. The molecule has 1 aliphatic heterocycles. The molecule has 1 amide bonds. The van der Waals surface area contributed by atoms with Crippen LogP contribution in [0.3, 0.4) is 0 Å². The van der Waals surface area contributed by atoms with Gasteiger partial charge in [0.25, 0.3) is 0 Å². The largest absolute Gasteiger partial charge is 0.459 e. The molecule has 1 fully saturated rings. The van der Waals surface area contributed by atoms with Crippen molar-refractivity contribution in [1.82, 2.24) is 5.32 Å². The topological polar surface area (TPSA) is 156 Å². The minimum Gasteiger partial charge on any atom is -0.459 e. The summed E-state index contributed by atoms with van der Waals surface area (Å²) in [5.41, 5.74) is 2.24. The number of carbonyl (C=O) groups excluding carboxylic acids is 4. The molecule has 12 heteroatoms. The van der Waals surface area contributed by atoms with Crippen molar-refractivity contribution in [2.24, 2.45) is 0 Å². The number of hydrogen-bond donors (Lipinski definition) is 2. The van der Waals surface area contributed by atoms with Crippen LogP contribution in [0.2, 0.25) is 0 Å². The zero-order chi connectivity index (χ0) is 36.0. The molecule has 5 atom stereocenters. The molecule has 0 aliphatic carbocycles. The molecule has 0 bridgehead atoms. The monoisotopic (exact) mass is 697 g/mol. The van der Waals surface area contributed by atoms with E-state index in [0.29, 0.717) is 11.1 Å². The number of rotatable bonds is 14. The number of aliphatic hydroxyl groups excluding tert-OH is 1. The third-order valence-electron chi connectivity index (χ3n) is 7.95. The highest BCUT2D eigenvalue weighted by Crippen LogP contribution is 2.29. The summed E-state index contributed by atoms with van der Waals surface area (Å²) in [6.07, 6.45) is -7.55. The van der Waals surface area contributed by atoms with E-state index in [0.717, 1.165) is 5.56 Å². The van der Waals surface area contributed by atoms with E-state index in [4.69, 9.17) is 28.4 Å². The maximum atomic E-state index is 13.3. The highest BCUT2D eigenvalue weighted by atomic mass is 16.7. The second-order valence-corrected chi connectivity index (χ2v) is 11.6. The van der Waals surface area contributed by atoms with Crippen LogP contribution in [0.4, 0.5) is 4.79 Å². The van der Waals surface area contributed by atoms with Gasteiger partial charge >= 0.3 is 24.0 Å². The number of carbonyl (C=O) groups is 4. The third-order valence-corrected chi connectivity index (χ3v) is 7.95. The lowest BCUT2D eigenvalue weighted by Gasteiger charge is -2.43. The van der Waals surface area contributed by atoms with Crippen LogP contribution in [0.15, 0.2) is 115 Å². The molecule has 0 aromatic heterocycles. The van der Waals surface area contributed by atoms with Gasteiger partial charge in [0.2, 0.25) is 0 Å². The normalized spacial score (nSPS) is 19.7. The zero-order valence-corrected chi connectivity index (χ0v) is 27.9. The van der Waals surface area contributed by atoms with Crippen molar-refractivity contribution in [1.29, 1.82) is 0 Å². The molecule has 5 rings (SSSR count). The number of amides is 1. The SMILES string of the molecule is Cc1ccccc1C(=O)OC[C@H]1O[C@@H](OCCCNC(=O)OCc2ccccc2)[C@H](OC(=O)c2ccccc2)[C@@H](OC(=O)c2ccccc2)[C@@H]1O. The minimum absolute atomic E-state index is 0.0197. The summed E-state index contributed by atoms with van der Waals surface area (Å²) in [4.78, 5) is 51.7. The minimum atomic E-state index is -1.61. The summed E-state index contributed by atoms with van der Waals surface area (Å²) in [5, 5.41) is 14.2. The Morgan fingerprint density at radius 3 is 1.90 bits per heavy atom. The average molecular weight is 698 g/mol. The molecule has 0 unspecified atom stereocenters. The van der Waals surface area contributed by atoms with Gasteiger partial charge in [-0.1, -0.05) is 84.9 Å². The summed E-state index contributed by atoms with van der Waals surface area (Å²) in [6.45, 7) is 1.57. The highest BCUT2D eigenvalue weighted by Gasteiger charge is 2.51. The molecule has 1 saturated heterocycles. The Morgan fingerprint density at radius 1 is 0.706 bits per heavy atom. The number of nitrogens with one attached hydrogen (secondary N) is 1. The van der Waals surface area contributed by atoms with Crippen LogP contribution in [0.25, 0.3) is 0 Å². The summed E-state index contributed by atoms with van der Waals surface area (Å²) in [7, 11) is 0. The van der Waals surface area contributed by atoms with Gasteiger partial charge < -0.3 is 38.8 Å². The molecule has 266 valence electrons. The Kier molecular flexibility index (Phi) is 13.3. The van der Waals surface area contributed by atoms with E-state index < -0.39 is 61.3 Å². The van der Waals surface area contributed by atoms with Crippen molar-refractivity contribution in [3.8, 4) is 0 Å². The molecule has 2 N–H and O–H groups in total. The van der Waals surface area contributed by atoms with Crippen LogP contribution >= 0.6 is 0 Å². The van der Waals surface area contributed by atoms with Crippen LogP contribution in [0.5, 0.6) is 0 Å². The van der Waals surface area contributed by atoms with Gasteiger partial charge in [-0.2, -0.15) is 0 Å². The van der Waals surface area contributed by atoms with Crippen molar-refractivity contribution in [3.63, 3.8) is 0 Å². The molecule has 0 spiro atoms. The maximum Gasteiger partial charge on any atom is 0.407 e. The summed E-state index contributed by atoms with van der Waals surface area (Å²) in [5.74, 6) is -2.23. The van der Waals surface area contributed by atoms with Crippen LogP contribution in [0.1, 0.15) is 48.6 Å². The van der Waals surface area contributed by atoms with E-state index in [1.54, 1.807) is 79.7 Å². The predicted octanol–water partition coefficient (Wildman–Crippen LogP) is 5.02. The van der Waals surface area contributed by atoms with Gasteiger partial charge in [0.1, 0.15) is 25.4 Å². The van der Waals surface area contributed by atoms with E-state index >= 15 is 0 Å². The first kappa shape index (κ1) is 36.7. The summed E-state index contributed by atoms with van der Waals surface area (Å²) in [6, 6.07) is 32.3. The molecule has 0 saturated carbocycles. The first-order chi connectivity index (χ1) is 24.8. The van der Waals surface area contributed by atoms with Crippen LogP contribution in [-0.4, -0.2) is 79.6 Å². The Labute approximate surface area is 295 Å². The van der Waals surface area contributed by atoms with Crippen LogP contribution < -0.4 is 5.32 Å². The Morgan fingerprint density at radius 2 is 1.27 bits per heavy atom. The number of ether oxygens (including phenoxy) is 6. The van der Waals surface area contributed by atoms with Gasteiger partial charge in [-0.15, -0.1) is 0 Å². The number of hydrogen-bond acceptors (Lipinski definition) is 11. The number of esters is 3. The van der Waals surface area contributed by atoms with Gasteiger partial charge in [0.05, 0.1) is 23.3 Å². The Balaban J connectivity index is 1.30. The lowest BCUT2D eigenvalue weighted by molar-refractivity contribution is -0.299. The number of alkyl carbamates (subject to hydrolysis) is 1. The van der Waals surface area contributed by atoms with Crippen molar-refractivity contribution in [2.45, 2.75) is 50.7 Å². The average Bonchev–Trinajstić information content (AvgIpc) is 3.16. The first-order valence-electron chi connectivity index (χ1n) is 16.4. The van der Waals surface area contributed by atoms with Gasteiger partial charge in [0, 0.05) is 6.54 Å². The lowest BCUT2D eigenvalue weighted by Crippen LogP contribution is -2.62. The Bertz CT molecular complexity index is 1740. The van der Waals surface area contributed by atoms with Crippen molar-refractivity contribution in [2.75, 3.05) is 19.8 Å². The maximum absolute atomic E-state index is 13.3. The molecule has 1 heterocycles. The van der Waals surface area contributed by atoms with Crippen molar-refractivity contribution < 1.29 is 52.7 Å².